The van der Waals surface area contributed by atoms with E-state index in [0.29, 0.717) is 19.6 Å². The fraction of sp³-hybridized carbons (Fsp3) is 0.385. The molecule has 0 aliphatic rings. The van der Waals surface area contributed by atoms with Crippen LogP contribution in [0.4, 0.5) is 4.79 Å². The summed E-state index contributed by atoms with van der Waals surface area (Å²) < 4.78 is 0. The number of carbonyl (C=O) groups is 1. The first-order valence-corrected chi connectivity index (χ1v) is 6.57. The van der Waals surface area contributed by atoms with Crippen molar-refractivity contribution in [1.29, 1.82) is 0 Å². The van der Waals surface area contributed by atoms with Gasteiger partial charge in [-0.25, -0.2) is 9.78 Å². The quantitative estimate of drug-likeness (QED) is 0.804. The van der Waals surface area contributed by atoms with Crippen LogP contribution in [-0.4, -0.2) is 29.0 Å². The molecule has 1 N–H and O–H groups in total. The Kier molecular flexibility index (Phi) is 5.58. The largest absolute Gasteiger partial charge is 0.331 e. The first kappa shape index (κ1) is 14.4. The average Bonchev–Trinajstić information content (AvgIpc) is 2.65. The van der Waals surface area contributed by atoms with Crippen LogP contribution in [0.5, 0.6) is 0 Å². The van der Waals surface area contributed by atoms with Crippen molar-refractivity contribution >= 4 is 17.4 Å². The minimum absolute atomic E-state index is 0.125. The molecule has 98 valence electrons. The predicted molar refractivity (Wildman–Crippen MR) is 75.8 cm³/mol. The number of nitrogens with one attached hydrogen (secondary N) is 1. The first-order chi connectivity index (χ1) is 8.58. The van der Waals surface area contributed by atoms with Crippen LogP contribution in [0.25, 0.3) is 0 Å². The molecule has 1 aromatic heterocycles. The number of nitrogens with zero attached hydrogens (tertiary/aromatic N) is 2. The van der Waals surface area contributed by atoms with Crippen LogP contribution in [0.3, 0.4) is 0 Å². The summed E-state index contributed by atoms with van der Waals surface area (Å²) >= 11 is 1.61. The van der Waals surface area contributed by atoms with Crippen LogP contribution in [-0.2, 0) is 6.54 Å². The standard InChI is InChI=1S/C13H19N3OS/c1-5-7-16(8-6-2)13(17)14-9-12-15-10(3)11(4)18-12/h5-6H,1-2,7-9H2,3-4H3,(H,14,17). The van der Waals surface area contributed by atoms with Gasteiger partial charge in [0.2, 0.25) is 0 Å². The summed E-state index contributed by atoms with van der Waals surface area (Å²) in [6, 6.07) is -0.125. The van der Waals surface area contributed by atoms with E-state index in [1.165, 1.54) is 4.88 Å². The van der Waals surface area contributed by atoms with Gasteiger partial charge in [0.1, 0.15) is 5.01 Å². The van der Waals surface area contributed by atoms with Gasteiger partial charge in [0.15, 0.2) is 0 Å². The highest BCUT2D eigenvalue weighted by Gasteiger charge is 2.11. The molecule has 0 unspecified atom stereocenters. The molecule has 0 saturated carbocycles. The molecule has 1 heterocycles. The van der Waals surface area contributed by atoms with Crippen molar-refractivity contribution in [2.45, 2.75) is 20.4 Å². The molecule has 1 aromatic rings. The zero-order valence-corrected chi connectivity index (χ0v) is 11.7. The van der Waals surface area contributed by atoms with Crippen molar-refractivity contribution in [1.82, 2.24) is 15.2 Å². The van der Waals surface area contributed by atoms with Gasteiger partial charge >= 0.3 is 6.03 Å². The van der Waals surface area contributed by atoms with Gasteiger partial charge < -0.3 is 10.2 Å². The number of hydrogen-bond donors (Lipinski definition) is 1. The van der Waals surface area contributed by atoms with E-state index in [1.807, 2.05) is 13.8 Å². The van der Waals surface area contributed by atoms with Crippen LogP contribution in [0.1, 0.15) is 15.6 Å². The summed E-state index contributed by atoms with van der Waals surface area (Å²) in [7, 11) is 0. The molecule has 5 heteroatoms. The molecule has 0 bridgehead atoms. The number of thiazole rings is 1. The summed E-state index contributed by atoms with van der Waals surface area (Å²) in [5.74, 6) is 0. The highest BCUT2D eigenvalue weighted by Crippen LogP contribution is 2.15. The van der Waals surface area contributed by atoms with Gasteiger partial charge in [-0.15, -0.1) is 24.5 Å². The summed E-state index contributed by atoms with van der Waals surface area (Å²) in [4.78, 5) is 19.1. The smallest absolute Gasteiger partial charge is 0.318 e. The number of carbonyl (C=O) groups excluding carboxylic acids is 1. The van der Waals surface area contributed by atoms with Crippen molar-refractivity contribution in [3.05, 3.63) is 40.9 Å². The second kappa shape index (κ2) is 6.96. The Morgan fingerprint density at radius 1 is 1.39 bits per heavy atom. The molecule has 0 radical (unpaired) electrons. The Hall–Kier alpha value is -1.62. The number of hydrogen-bond acceptors (Lipinski definition) is 3. The van der Waals surface area contributed by atoms with Crippen LogP contribution in [0, 0.1) is 13.8 Å². The molecule has 4 nitrogen and oxygen atoms in total. The lowest BCUT2D eigenvalue weighted by Crippen LogP contribution is -2.39. The Bertz CT molecular complexity index is 410. The number of aryl methyl sites for hydroxylation is 2. The zero-order chi connectivity index (χ0) is 13.5. The molecular weight excluding hydrogens is 246 g/mol. The van der Waals surface area contributed by atoms with E-state index in [4.69, 9.17) is 0 Å². The lowest BCUT2D eigenvalue weighted by atomic mass is 10.4. The van der Waals surface area contributed by atoms with Gasteiger partial charge in [0.25, 0.3) is 0 Å². The van der Waals surface area contributed by atoms with Crippen molar-refractivity contribution < 1.29 is 4.79 Å². The maximum Gasteiger partial charge on any atom is 0.318 e. The van der Waals surface area contributed by atoms with E-state index < -0.39 is 0 Å². The highest BCUT2D eigenvalue weighted by molar-refractivity contribution is 7.11. The van der Waals surface area contributed by atoms with E-state index >= 15 is 0 Å². The van der Waals surface area contributed by atoms with E-state index in [0.717, 1.165) is 10.7 Å². The van der Waals surface area contributed by atoms with Crippen LogP contribution >= 0.6 is 11.3 Å². The van der Waals surface area contributed by atoms with Crippen molar-refractivity contribution in [3.63, 3.8) is 0 Å². The molecule has 0 fully saturated rings. The number of urea groups is 1. The molecule has 0 saturated heterocycles. The van der Waals surface area contributed by atoms with Gasteiger partial charge in [-0.05, 0) is 13.8 Å². The maximum absolute atomic E-state index is 11.9. The molecule has 0 aliphatic heterocycles. The number of amides is 2. The fourth-order valence-corrected chi connectivity index (χ4v) is 2.30. The topological polar surface area (TPSA) is 45.2 Å². The summed E-state index contributed by atoms with van der Waals surface area (Å²) in [6.45, 7) is 12.7. The first-order valence-electron chi connectivity index (χ1n) is 5.76. The minimum atomic E-state index is -0.125. The Labute approximate surface area is 112 Å². The van der Waals surface area contributed by atoms with E-state index in [9.17, 15) is 4.79 Å². The van der Waals surface area contributed by atoms with E-state index in [-0.39, 0.29) is 6.03 Å². The van der Waals surface area contributed by atoms with Crippen molar-refractivity contribution in [2.24, 2.45) is 0 Å². The molecule has 0 aliphatic carbocycles. The van der Waals surface area contributed by atoms with E-state index in [1.54, 1.807) is 28.4 Å². The zero-order valence-electron chi connectivity index (χ0n) is 10.9. The fourth-order valence-electron chi connectivity index (χ4n) is 1.43. The number of aromatic nitrogens is 1. The van der Waals surface area contributed by atoms with Gasteiger partial charge in [0.05, 0.1) is 12.2 Å². The van der Waals surface area contributed by atoms with Gasteiger partial charge in [0, 0.05) is 18.0 Å². The summed E-state index contributed by atoms with van der Waals surface area (Å²) in [6.07, 6.45) is 3.39. The Balaban J connectivity index is 2.52. The average molecular weight is 265 g/mol. The predicted octanol–water partition coefficient (Wildman–Crippen LogP) is 2.64. The molecule has 1 rings (SSSR count). The highest BCUT2D eigenvalue weighted by atomic mass is 32.1. The number of rotatable bonds is 6. The lowest BCUT2D eigenvalue weighted by molar-refractivity contribution is 0.208. The Morgan fingerprint density at radius 2 is 2.00 bits per heavy atom. The maximum atomic E-state index is 11.9. The summed E-state index contributed by atoms with van der Waals surface area (Å²) in [5, 5.41) is 3.77. The molecule has 18 heavy (non-hydrogen) atoms. The normalized spacial score (nSPS) is 9.89. The molecule has 0 aromatic carbocycles. The van der Waals surface area contributed by atoms with Gasteiger partial charge in [-0.1, -0.05) is 12.2 Å². The lowest BCUT2D eigenvalue weighted by Gasteiger charge is -2.19. The van der Waals surface area contributed by atoms with Gasteiger partial charge in [-0.3, -0.25) is 0 Å². The Morgan fingerprint density at radius 3 is 2.44 bits per heavy atom. The van der Waals surface area contributed by atoms with Crippen LogP contribution in [0.15, 0.2) is 25.3 Å². The van der Waals surface area contributed by atoms with Crippen LogP contribution < -0.4 is 5.32 Å². The third-order valence-electron chi connectivity index (χ3n) is 2.45. The third kappa shape index (κ3) is 4.00. The second-order valence-electron chi connectivity index (χ2n) is 3.89. The molecular formula is C13H19N3OS. The van der Waals surface area contributed by atoms with Crippen LogP contribution in [0.2, 0.25) is 0 Å². The second-order valence-corrected chi connectivity index (χ2v) is 5.18. The monoisotopic (exact) mass is 265 g/mol. The molecule has 0 atom stereocenters. The van der Waals surface area contributed by atoms with E-state index in [2.05, 4.69) is 23.5 Å². The molecule has 2 amide bonds. The van der Waals surface area contributed by atoms with Crippen molar-refractivity contribution in [2.75, 3.05) is 13.1 Å². The third-order valence-corrected chi connectivity index (χ3v) is 3.52. The minimum Gasteiger partial charge on any atom is -0.331 e. The summed E-state index contributed by atoms with van der Waals surface area (Å²) in [5.41, 5.74) is 1.03. The molecule has 0 spiro atoms. The van der Waals surface area contributed by atoms with Crippen molar-refractivity contribution in [3.8, 4) is 0 Å². The SMILES string of the molecule is C=CCN(CC=C)C(=O)NCc1nc(C)c(C)s1. The van der Waals surface area contributed by atoms with Gasteiger partial charge in [-0.2, -0.15) is 0 Å².